The second-order valence-electron chi connectivity index (χ2n) is 10.7. The van der Waals surface area contributed by atoms with Crippen molar-refractivity contribution in [3.05, 3.63) is 11.1 Å². The fourth-order valence-electron chi connectivity index (χ4n) is 6.16. The summed E-state index contributed by atoms with van der Waals surface area (Å²) < 4.78 is 10.5. The Balaban J connectivity index is 1.80. The Bertz CT molecular complexity index is 644. The Morgan fingerprint density at radius 3 is 2.38 bits per heavy atom. The van der Waals surface area contributed by atoms with Gasteiger partial charge >= 0.3 is 0 Å². The van der Waals surface area contributed by atoms with Crippen molar-refractivity contribution in [3.63, 3.8) is 0 Å². The number of amides is 1. The van der Waals surface area contributed by atoms with E-state index in [0.29, 0.717) is 31.6 Å². The van der Waals surface area contributed by atoms with Crippen LogP contribution in [0.25, 0.3) is 0 Å². The number of aliphatic hydroxyl groups is 1. The molecule has 32 heavy (non-hydrogen) atoms. The summed E-state index contributed by atoms with van der Waals surface area (Å²) >= 11 is 0. The Morgan fingerprint density at radius 2 is 1.81 bits per heavy atom. The van der Waals surface area contributed by atoms with Crippen molar-refractivity contribution in [3.8, 4) is 0 Å². The van der Waals surface area contributed by atoms with Gasteiger partial charge in [0.2, 0.25) is 5.91 Å². The summed E-state index contributed by atoms with van der Waals surface area (Å²) in [6, 6.07) is 0. The normalized spacial score (nSPS) is 25.7. The van der Waals surface area contributed by atoms with E-state index in [1.165, 1.54) is 24.8 Å². The van der Waals surface area contributed by atoms with Gasteiger partial charge in [-0.15, -0.1) is 0 Å². The van der Waals surface area contributed by atoms with E-state index < -0.39 is 11.0 Å². The van der Waals surface area contributed by atoms with Gasteiger partial charge in [-0.3, -0.25) is 4.79 Å². The van der Waals surface area contributed by atoms with Gasteiger partial charge in [0.15, 0.2) is 0 Å². The zero-order valence-electron chi connectivity index (χ0n) is 21.7. The minimum absolute atomic E-state index is 0.0570. The fourth-order valence-corrected chi connectivity index (χ4v) is 6.16. The number of nitrogens with zero attached hydrogens (tertiary/aromatic N) is 2. The van der Waals surface area contributed by atoms with Gasteiger partial charge in [-0.2, -0.15) is 0 Å². The first-order chi connectivity index (χ1) is 15.1. The molecule has 0 aromatic heterocycles. The van der Waals surface area contributed by atoms with Crippen molar-refractivity contribution in [2.24, 2.45) is 17.3 Å². The second-order valence-corrected chi connectivity index (χ2v) is 10.7. The third-order valence-electron chi connectivity index (χ3n) is 7.84. The molecule has 0 unspecified atom stereocenters. The molecule has 1 fully saturated rings. The number of fused-ring (bicyclic) bond motifs is 2. The minimum Gasteiger partial charge on any atom is -0.389 e. The molecule has 1 amide bonds. The Kier molecular flexibility index (Phi) is 10.2. The van der Waals surface area contributed by atoms with Gasteiger partial charge in [0.25, 0.3) is 0 Å². The van der Waals surface area contributed by atoms with E-state index in [9.17, 15) is 9.90 Å². The number of methoxy groups -OCH3 is 2. The molecule has 0 radical (unpaired) electrons. The number of rotatable bonds is 14. The van der Waals surface area contributed by atoms with Crippen molar-refractivity contribution in [2.45, 2.75) is 71.3 Å². The highest BCUT2D eigenvalue weighted by Gasteiger charge is 2.48. The molecule has 0 aromatic rings. The molecule has 0 aliphatic heterocycles. The first-order valence-electron chi connectivity index (χ1n) is 12.5. The van der Waals surface area contributed by atoms with E-state index >= 15 is 0 Å². The van der Waals surface area contributed by atoms with Crippen LogP contribution in [0, 0.1) is 17.3 Å². The molecule has 2 bridgehead atoms. The van der Waals surface area contributed by atoms with Gasteiger partial charge in [-0.05, 0) is 71.9 Å². The summed E-state index contributed by atoms with van der Waals surface area (Å²) in [4.78, 5) is 17.0. The third-order valence-corrected chi connectivity index (χ3v) is 7.84. The van der Waals surface area contributed by atoms with Crippen LogP contribution in [0.3, 0.4) is 0 Å². The van der Waals surface area contributed by atoms with Gasteiger partial charge in [-0.25, -0.2) is 0 Å². The predicted molar refractivity (Wildman–Crippen MR) is 130 cm³/mol. The number of hydrogen-bond donors (Lipinski definition) is 1. The van der Waals surface area contributed by atoms with Crippen LogP contribution in [-0.4, -0.2) is 87.6 Å². The highest BCUT2D eigenvalue weighted by atomic mass is 16.5. The second kappa shape index (κ2) is 12.0. The van der Waals surface area contributed by atoms with Crippen LogP contribution in [0.5, 0.6) is 0 Å². The maximum atomic E-state index is 12.9. The van der Waals surface area contributed by atoms with Crippen LogP contribution in [0.2, 0.25) is 0 Å². The molecule has 3 atom stereocenters. The minimum atomic E-state index is -0.657. The maximum absolute atomic E-state index is 12.9. The Hall–Kier alpha value is -0.950. The van der Waals surface area contributed by atoms with Crippen molar-refractivity contribution < 1.29 is 19.4 Å². The number of hydrogen-bond acceptors (Lipinski definition) is 5. The molecule has 0 aromatic carbocycles. The maximum Gasteiger partial charge on any atom is 0.232 e. The van der Waals surface area contributed by atoms with E-state index in [-0.39, 0.29) is 5.91 Å². The molecular weight excluding hydrogens is 404 g/mol. The largest absolute Gasteiger partial charge is 0.389 e. The van der Waals surface area contributed by atoms with E-state index in [1.54, 1.807) is 24.7 Å². The monoisotopic (exact) mass is 452 g/mol. The summed E-state index contributed by atoms with van der Waals surface area (Å²) in [6.07, 6.45) is 7.45. The predicted octanol–water partition coefficient (Wildman–Crippen LogP) is 3.73. The van der Waals surface area contributed by atoms with Crippen molar-refractivity contribution >= 4 is 5.91 Å². The molecule has 3 aliphatic rings. The van der Waals surface area contributed by atoms with Crippen molar-refractivity contribution in [2.75, 3.05) is 61.2 Å². The lowest BCUT2D eigenvalue weighted by atomic mass is 9.58. The fraction of sp³-hybridized carbons (Fsp3) is 0.885. The number of ether oxygens (including phenoxy) is 2. The van der Waals surface area contributed by atoms with Gasteiger partial charge in [0, 0.05) is 40.3 Å². The van der Waals surface area contributed by atoms with Crippen molar-refractivity contribution in [1.82, 2.24) is 9.80 Å². The van der Waals surface area contributed by atoms with E-state index in [4.69, 9.17) is 9.47 Å². The summed E-state index contributed by atoms with van der Waals surface area (Å²) in [5.41, 5.74) is 1.92. The van der Waals surface area contributed by atoms with E-state index in [1.807, 2.05) is 14.0 Å². The zero-order chi connectivity index (χ0) is 23.9. The van der Waals surface area contributed by atoms with Gasteiger partial charge in [-0.1, -0.05) is 24.5 Å². The molecule has 6 heteroatoms. The molecular formula is C26H48N2O4. The van der Waals surface area contributed by atoms with Gasteiger partial charge in [0.05, 0.1) is 24.2 Å². The lowest BCUT2D eigenvalue weighted by Crippen LogP contribution is -2.50. The summed E-state index contributed by atoms with van der Waals surface area (Å²) in [6.45, 7) is 9.60. The first kappa shape index (κ1) is 27.3. The standard InChI is InChI=1S/C26H48N2O4/c1-8-10-22-20(2)23-12-11-21(22)17-26(23,30)13-16-27(4)14-9-15-28(5)24(29)25(3,18-31-6)19-32-7/h21,23,30H,8-19H2,1-7H3/t21-,23+,26-/m0/s1. The van der Waals surface area contributed by atoms with E-state index in [2.05, 4.69) is 25.8 Å². The smallest absolute Gasteiger partial charge is 0.232 e. The average Bonchev–Trinajstić information content (AvgIpc) is 2.74. The summed E-state index contributed by atoms with van der Waals surface area (Å²) in [5, 5.41) is 11.5. The number of allylic oxidation sites excluding steroid dienone is 1. The first-order valence-corrected chi connectivity index (χ1v) is 12.5. The molecule has 3 rings (SSSR count). The molecule has 1 N–H and O–H groups in total. The molecule has 0 heterocycles. The molecule has 0 saturated heterocycles. The molecule has 6 nitrogen and oxygen atoms in total. The van der Waals surface area contributed by atoms with Crippen LogP contribution in [0.4, 0.5) is 0 Å². The molecule has 1 saturated carbocycles. The SMILES string of the molecule is CCCC1=C(C)[C@H]2CC[C@H]1C[C@@]2(O)CCN(C)CCCN(C)C(=O)C(C)(COC)COC. The topological polar surface area (TPSA) is 62.2 Å². The quantitative estimate of drug-likeness (QED) is 0.407. The summed E-state index contributed by atoms with van der Waals surface area (Å²) in [5.74, 6) is 0.982. The van der Waals surface area contributed by atoms with Gasteiger partial charge in [0.1, 0.15) is 0 Å². The molecule has 3 aliphatic carbocycles. The van der Waals surface area contributed by atoms with Crippen LogP contribution in [0.15, 0.2) is 11.1 Å². The highest BCUT2D eigenvalue weighted by Crippen LogP contribution is 2.52. The molecule has 186 valence electrons. The lowest BCUT2D eigenvalue weighted by molar-refractivity contribution is -0.146. The van der Waals surface area contributed by atoms with E-state index in [0.717, 1.165) is 38.8 Å². The Labute approximate surface area is 196 Å². The van der Waals surface area contributed by atoms with Crippen molar-refractivity contribution in [1.29, 1.82) is 0 Å². The lowest BCUT2D eigenvalue weighted by Gasteiger charge is -2.51. The zero-order valence-corrected chi connectivity index (χ0v) is 21.7. The average molecular weight is 453 g/mol. The van der Waals surface area contributed by atoms with Gasteiger partial charge < -0.3 is 24.4 Å². The highest BCUT2D eigenvalue weighted by molar-refractivity contribution is 5.82. The summed E-state index contributed by atoms with van der Waals surface area (Å²) in [7, 11) is 7.21. The number of carbonyl (C=O) groups is 1. The number of carbonyl (C=O) groups excluding carboxylic acids is 1. The van der Waals surface area contributed by atoms with Crippen LogP contribution < -0.4 is 0 Å². The molecule has 0 spiro atoms. The Morgan fingerprint density at radius 1 is 1.16 bits per heavy atom. The van der Waals surface area contributed by atoms with Crippen LogP contribution in [-0.2, 0) is 14.3 Å². The van der Waals surface area contributed by atoms with Crippen LogP contribution >= 0.6 is 0 Å². The third kappa shape index (κ3) is 6.34. The van der Waals surface area contributed by atoms with Crippen LogP contribution in [0.1, 0.15) is 65.7 Å².